The number of carbonyl (C=O) groups is 1. The maximum atomic E-state index is 12.6. The lowest BCUT2D eigenvalue weighted by Crippen LogP contribution is -2.50. The molecule has 1 aliphatic rings. The Balaban J connectivity index is 1.58. The minimum absolute atomic E-state index is 0.120. The van der Waals surface area contributed by atoms with Crippen LogP contribution in [0.15, 0.2) is 33.9 Å². The standard InChI is InChI=1S/C18H24N4O3S/c1-4-21-9-11-22(12-10-21)17(23)13(2)26-18-20-19-16(25-18)14-5-7-15(24-3)8-6-14/h5-8,13H,4,9-12H2,1-3H3. The number of methoxy groups -OCH3 is 1. The molecule has 2 heterocycles. The summed E-state index contributed by atoms with van der Waals surface area (Å²) in [6, 6.07) is 7.41. The molecule has 1 aliphatic heterocycles. The predicted molar refractivity (Wildman–Crippen MR) is 100 cm³/mol. The van der Waals surface area contributed by atoms with Crippen molar-refractivity contribution < 1.29 is 13.9 Å². The molecule has 1 aromatic heterocycles. The Kier molecular flexibility index (Phi) is 6.16. The van der Waals surface area contributed by atoms with Gasteiger partial charge in [-0.1, -0.05) is 18.7 Å². The van der Waals surface area contributed by atoms with E-state index in [-0.39, 0.29) is 11.2 Å². The third kappa shape index (κ3) is 4.37. The highest BCUT2D eigenvalue weighted by Gasteiger charge is 2.26. The number of likely N-dealkylation sites (N-methyl/N-ethyl adjacent to an activating group) is 1. The number of ether oxygens (including phenoxy) is 1. The van der Waals surface area contributed by atoms with Crippen LogP contribution in [0.2, 0.25) is 0 Å². The van der Waals surface area contributed by atoms with E-state index in [1.165, 1.54) is 11.8 Å². The third-order valence-electron chi connectivity index (χ3n) is 4.50. The molecule has 0 aliphatic carbocycles. The first-order valence-electron chi connectivity index (χ1n) is 8.76. The van der Waals surface area contributed by atoms with E-state index in [4.69, 9.17) is 9.15 Å². The van der Waals surface area contributed by atoms with Gasteiger partial charge in [-0.2, -0.15) is 0 Å². The summed E-state index contributed by atoms with van der Waals surface area (Å²) in [5.41, 5.74) is 0.819. The third-order valence-corrected chi connectivity index (χ3v) is 5.42. The van der Waals surface area contributed by atoms with Crippen molar-refractivity contribution in [2.45, 2.75) is 24.3 Å². The van der Waals surface area contributed by atoms with Gasteiger partial charge in [0.15, 0.2) is 0 Å². The van der Waals surface area contributed by atoms with Gasteiger partial charge < -0.3 is 19.0 Å². The molecule has 1 amide bonds. The highest BCUT2D eigenvalue weighted by molar-refractivity contribution is 8.00. The van der Waals surface area contributed by atoms with Crippen molar-refractivity contribution in [2.24, 2.45) is 0 Å². The molecular weight excluding hydrogens is 352 g/mol. The second-order valence-corrected chi connectivity index (χ2v) is 7.41. The van der Waals surface area contributed by atoms with Gasteiger partial charge in [0.25, 0.3) is 5.22 Å². The molecule has 0 spiro atoms. The average molecular weight is 376 g/mol. The molecule has 1 atom stereocenters. The second kappa shape index (κ2) is 8.55. The number of nitrogens with zero attached hydrogens (tertiary/aromatic N) is 4. The fourth-order valence-electron chi connectivity index (χ4n) is 2.85. The lowest BCUT2D eigenvalue weighted by molar-refractivity contribution is -0.132. The predicted octanol–water partition coefficient (Wildman–Crippen LogP) is 2.39. The number of amides is 1. The van der Waals surface area contributed by atoms with Crippen LogP contribution >= 0.6 is 11.8 Å². The minimum atomic E-state index is -0.257. The van der Waals surface area contributed by atoms with Crippen molar-refractivity contribution in [2.75, 3.05) is 39.8 Å². The lowest BCUT2D eigenvalue weighted by Gasteiger charge is -2.35. The Morgan fingerprint density at radius 2 is 1.92 bits per heavy atom. The molecule has 2 aromatic rings. The first-order valence-corrected chi connectivity index (χ1v) is 9.64. The van der Waals surface area contributed by atoms with E-state index < -0.39 is 0 Å². The van der Waals surface area contributed by atoms with Gasteiger partial charge in [-0.05, 0) is 37.7 Å². The van der Waals surface area contributed by atoms with Crippen LogP contribution < -0.4 is 4.74 Å². The van der Waals surface area contributed by atoms with E-state index in [1.807, 2.05) is 36.1 Å². The number of hydrogen-bond acceptors (Lipinski definition) is 7. The van der Waals surface area contributed by atoms with Gasteiger partial charge in [-0.3, -0.25) is 4.79 Å². The first kappa shape index (κ1) is 18.7. The highest BCUT2D eigenvalue weighted by atomic mass is 32.2. The van der Waals surface area contributed by atoms with Crippen molar-refractivity contribution in [1.29, 1.82) is 0 Å². The summed E-state index contributed by atoms with van der Waals surface area (Å²) < 4.78 is 10.9. The van der Waals surface area contributed by atoms with Gasteiger partial charge in [-0.25, -0.2) is 0 Å². The Morgan fingerprint density at radius 1 is 1.23 bits per heavy atom. The molecule has 0 radical (unpaired) electrons. The second-order valence-electron chi connectivity index (χ2n) is 6.12. The normalized spacial score (nSPS) is 16.5. The zero-order valence-electron chi connectivity index (χ0n) is 15.3. The van der Waals surface area contributed by atoms with Crippen LogP contribution in [0.4, 0.5) is 0 Å². The summed E-state index contributed by atoms with van der Waals surface area (Å²) in [7, 11) is 1.62. The molecule has 8 heteroatoms. The number of aromatic nitrogens is 2. The molecule has 140 valence electrons. The lowest BCUT2D eigenvalue weighted by atomic mass is 10.2. The summed E-state index contributed by atoms with van der Waals surface area (Å²) >= 11 is 1.31. The molecule has 1 aromatic carbocycles. The summed E-state index contributed by atoms with van der Waals surface area (Å²) in [6.45, 7) is 8.48. The van der Waals surface area contributed by atoms with Crippen molar-refractivity contribution >= 4 is 17.7 Å². The smallest absolute Gasteiger partial charge is 0.277 e. The maximum Gasteiger partial charge on any atom is 0.277 e. The zero-order valence-corrected chi connectivity index (χ0v) is 16.2. The quantitative estimate of drug-likeness (QED) is 0.717. The van der Waals surface area contributed by atoms with Gasteiger partial charge in [0, 0.05) is 31.7 Å². The van der Waals surface area contributed by atoms with Gasteiger partial charge in [-0.15, -0.1) is 10.2 Å². The van der Waals surface area contributed by atoms with Crippen molar-refractivity contribution in [1.82, 2.24) is 20.0 Å². The fourth-order valence-corrected chi connectivity index (χ4v) is 3.62. The number of piperazine rings is 1. The number of carbonyl (C=O) groups excluding carboxylic acids is 1. The molecule has 0 saturated carbocycles. The molecule has 3 rings (SSSR count). The monoisotopic (exact) mass is 376 g/mol. The molecule has 0 bridgehead atoms. The number of thioether (sulfide) groups is 1. The van der Waals surface area contributed by atoms with Crippen molar-refractivity contribution in [3.63, 3.8) is 0 Å². The van der Waals surface area contributed by atoms with Crippen LogP contribution in [-0.2, 0) is 4.79 Å². The van der Waals surface area contributed by atoms with Gasteiger partial charge in [0.05, 0.1) is 12.4 Å². The van der Waals surface area contributed by atoms with E-state index >= 15 is 0 Å². The number of hydrogen-bond donors (Lipinski definition) is 0. The molecule has 1 fully saturated rings. The van der Waals surface area contributed by atoms with Crippen LogP contribution in [0.1, 0.15) is 13.8 Å². The van der Waals surface area contributed by atoms with Gasteiger partial charge >= 0.3 is 0 Å². The SMILES string of the molecule is CCN1CCN(C(=O)C(C)Sc2nnc(-c3ccc(OC)cc3)o2)CC1. The maximum absolute atomic E-state index is 12.6. The van der Waals surface area contributed by atoms with E-state index in [9.17, 15) is 4.79 Å². The molecule has 1 unspecified atom stereocenters. The van der Waals surface area contributed by atoms with Crippen LogP contribution in [0.5, 0.6) is 5.75 Å². The minimum Gasteiger partial charge on any atom is -0.497 e. The van der Waals surface area contributed by atoms with Crippen molar-refractivity contribution in [3.8, 4) is 17.2 Å². The van der Waals surface area contributed by atoms with E-state index in [0.717, 1.165) is 44.0 Å². The molecule has 26 heavy (non-hydrogen) atoms. The summed E-state index contributed by atoms with van der Waals surface area (Å²) in [5.74, 6) is 1.33. The Labute approximate surface area is 157 Å². The van der Waals surface area contributed by atoms with Crippen molar-refractivity contribution in [3.05, 3.63) is 24.3 Å². The summed E-state index contributed by atoms with van der Waals surface area (Å²) in [5, 5.41) is 8.29. The summed E-state index contributed by atoms with van der Waals surface area (Å²) in [4.78, 5) is 16.9. The van der Waals surface area contributed by atoms with Gasteiger partial charge in [0.2, 0.25) is 11.8 Å². The molecule has 0 N–H and O–H groups in total. The molecule has 1 saturated heterocycles. The zero-order chi connectivity index (χ0) is 18.5. The Morgan fingerprint density at radius 3 is 2.54 bits per heavy atom. The summed E-state index contributed by atoms with van der Waals surface area (Å²) in [6.07, 6.45) is 0. The first-order chi connectivity index (χ1) is 12.6. The topological polar surface area (TPSA) is 71.7 Å². The van der Waals surface area contributed by atoms with Crippen LogP contribution in [0, 0.1) is 0 Å². The molecule has 7 nitrogen and oxygen atoms in total. The average Bonchev–Trinajstić information content (AvgIpc) is 3.16. The number of rotatable bonds is 6. The Hall–Kier alpha value is -2.06. The van der Waals surface area contributed by atoms with E-state index in [0.29, 0.717) is 11.1 Å². The highest BCUT2D eigenvalue weighted by Crippen LogP contribution is 2.28. The largest absolute Gasteiger partial charge is 0.497 e. The van der Waals surface area contributed by atoms with E-state index in [1.54, 1.807) is 7.11 Å². The van der Waals surface area contributed by atoms with E-state index in [2.05, 4.69) is 22.0 Å². The fraction of sp³-hybridized carbons (Fsp3) is 0.500. The Bertz CT molecular complexity index is 726. The van der Waals surface area contributed by atoms with Crippen LogP contribution in [-0.4, -0.2) is 71.0 Å². The molecular formula is C18H24N4O3S. The van der Waals surface area contributed by atoms with Crippen LogP contribution in [0.3, 0.4) is 0 Å². The van der Waals surface area contributed by atoms with Gasteiger partial charge in [0.1, 0.15) is 5.75 Å². The van der Waals surface area contributed by atoms with Crippen LogP contribution in [0.25, 0.3) is 11.5 Å². The number of benzene rings is 1.